The molecule has 3 aromatic rings. The first-order valence-electron chi connectivity index (χ1n) is 15.7. The molecule has 0 bridgehead atoms. The van der Waals surface area contributed by atoms with Crippen molar-refractivity contribution in [3.63, 3.8) is 0 Å². The molecule has 0 spiro atoms. The minimum Gasteiger partial charge on any atom is -0.351 e. The van der Waals surface area contributed by atoms with E-state index < -0.39 is 36.8 Å². The molecular weight excluding hydrogens is 619 g/mol. The average molecular weight is 658 g/mol. The van der Waals surface area contributed by atoms with E-state index in [9.17, 15) is 27.7 Å². The Kier molecular flexibility index (Phi) is 9.04. The highest BCUT2D eigenvalue weighted by Gasteiger charge is 2.50. The fourth-order valence-electron chi connectivity index (χ4n) is 6.90. The third-order valence-corrected chi connectivity index (χ3v) is 10.5. The number of hydrogen-bond donors (Lipinski definition) is 5. The quantitative estimate of drug-likeness (QED) is 0.233. The fourth-order valence-corrected chi connectivity index (χ4v) is 7.38. The van der Waals surface area contributed by atoms with Crippen molar-refractivity contribution in [3.05, 3.63) is 70.9 Å². The molecular formula is C32H38F2N5O6P. The largest absolute Gasteiger partial charge is 0.399 e. The number of H-pyrrole nitrogens is 1. The molecule has 2 aromatic carbocycles. The number of aromatic amines is 1. The number of carbonyl (C=O) groups is 3. The fraction of sp³-hybridized carbons (Fsp3) is 0.469. The molecule has 3 amide bonds. The van der Waals surface area contributed by atoms with Crippen LogP contribution in [-0.4, -0.2) is 80.6 Å². The summed E-state index contributed by atoms with van der Waals surface area (Å²) in [6, 6.07) is 10.9. The van der Waals surface area contributed by atoms with E-state index in [0.717, 1.165) is 50.0 Å². The lowest BCUT2D eigenvalue weighted by atomic mass is 9.90. The van der Waals surface area contributed by atoms with Crippen LogP contribution < -0.4 is 10.6 Å². The lowest BCUT2D eigenvalue weighted by molar-refractivity contribution is -0.145. The first-order valence-corrected chi connectivity index (χ1v) is 17.3. The van der Waals surface area contributed by atoms with Crippen LogP contribution in [0.15, 0.2) is 48.5 Å². The molecule has 5 N–H and O–H groups in total. The number of aromatic nitrogens is 1. The molecule has 0 radical (unpaired) electrons. The van der Waals surface area contributed by atoms with E-state index in [-0.39, 0.29) is 28.8 Å². The second-order valence-electron chi connectivity index (χ2n) is 12.5. The SMILES string of the molecule is O=C(NC(CC1CCNCC1)C(=O)N1CCC[C@H]1C(=O)N1CCc2ccccc2C1)c1cc2cc(C(F)(F)P(=O)(O)O)ccc2[nH]1. The first-order chi connectivity index (χ1) is 21.9. The molecule has 4 heterocycles. The van der Waals surface area contributed by atoms with Gasteiger partial charge >= 0.3 is 13.3 Å². The molecule has 246 valence electrons. The van der Waals surface area contributed by atoms with Gasteiger partial charge in [0.2, 0.25) is 11.8 Å². The van der Waals surface area contributed by atoms with Crippen LogP contribution in [0.1, 0.15) is 59.3 Å². The molecule has 2 fully saturated rings. The van der Waals surface area contributed by atoms with Crippen LogP contribution >= 0.6 is 7.60 Å². The number of piperidine rings is 1. The van der Waals surface area contributed by atoms with Crippen molar-refractivity contribution in [1.82, 2.24) is 25.4 Å². The zero-order valence-corrected chi connectivity index (χ0v) is 26.1. The minimum absolute atomic E-state index is 0.00999. The van der Waals surface area contributed by atoms with E-state index in [4.69, 9.17) is 9.79 Å². The van der Waals surface area contributed by atoms with Gasteiger partial charge in [0.15, 0.2) is 0 Å². The standard InChI is InChI=1S/C32H38F2N5O6P/c33-32(34,46(43,44)45)24-7-8-25-23(17-24)18-26(36-25)29(40)37-27(16-20-9-12-35-13-10-20)30(41)39-14-3-6-28(39)31(42)38-15-11-21-4-1-2-5-22(21)19-38/h1-2,4-5,7-8,17-18,20,27-28,35-36H,3,6,9-16,19H2,(H,37,40)(H2,43,44,45)/t27?,28-/m0/s1. The molecule has 3 aliphatic heterocycles. The maximum atomic E-state index is 14.3. The number of likely N-dealkylation sites (tertiary alicyclic amines) is 1. The van der Waals surface area contributed by atoms with E-state index in [1.54, 1.807) is 4.90 Å². The summed E-state index contributed by atoms with van der Waals surface area (Å²) in [7, 11) is -5.77. The highest BCUT2D eigenvalue weighted by Crippen LogP contribution is 2.59. The number of carbonyl (C=O) groups excluding carboxylic acids is 3. The summed E-state index contributed by atoms with van der Waals surface area (Å²) < 4.78 is 40.0. The number of halogens is 2. The summed E-state index contributed by atoms with van der Waals surface area (Å²) in [5, 5.41) is 6.32. The van der Waals surface area contributed by atoms with Crippen molar-refractivity contribution < 1.29 is 37.5 Å². The molecule has 1 unspecified atom stereocenters. The second kappa shape index (κ2) is 12.9. The zero-order valence-electron chi connectivity index (χ0n) is 25.3. The molecule has 14 heteroatoms. The maximum absolute atomic E-state index is 14.3. The lowest BCUT2D eigenvalue weighted by Gasteiger charge is -2.35. The summed E-state index contributed by atoms with van der Waals surface area (Å²) in [6.45, 7) is 3.06. The minimum atomic E-state index is -5.77. The van der Waals surface area contributed by atoms with E-state index >= 15 is 0 Å². The summed E-state index contributed by atoms with van der Waals surface area (Å²) >= 11 is 0. The third kappa shape index (κ3) is 6.46. The van der Waals surface area contributed by atoms with E-state index in [0.29, 0.717) is 44.4 Å². The van der Waals surface area contributed by atoms with Crippen molar-refractivity contribution in [2.45, 2.75) is 62.8 Å². The molecule has 6 rings (SSSR count). The Morgan fingerprint density at radius 2 is 1.76 bits per heavy atom. The van der Waals surface area contributed by atoms with Crippen molar-refractivity contribution in [2.24, 2.45) is 5.92 Å². The van der Waals surface area contributed by atoms with Gasteiger partial charge in [0, 0.05) is 36.1 Å². The van der Waals surface area contributed by atoms with Crippen LogP contribution in [0.2, 0.25) is 0 Å². The van der Waals surface area contributed by atoms with Gasteiger partial charge in [-0.25, -0.2) is 0 Å². The van der Waals surface area contributed by atoms with Gasteiger partial charge in [0.05, 0.1) is 0 Å². The van der Waals surface area contributed by atoms with Crippen LogP contribution in [0, 0.1) is 5.92 Å². The normalized spacial score (nSPS) is 20.0. The third-order valence-electron chi connectivity index (χ3n) is 9.47. The van der Waals surface area contributed by atoms with Gasteiger partial charge in [0.1, 0.15) is 17.8 Å². The van der Waals surface area contributed by atoms with Crippen LogP contribution in [0.5, 0.6) is 0 Å². The topological polar surface area (TPSA) is 155 Å². The van der Waals surface area contributed by atoms with Crippen LogP contribution in [-0.2, 0) is 32.8 Å². The second-order valence-corrected chi connectivity index (χ2v) is 14.1. The lowest BCUT2D eigenvalue weighted by Crippen LogP contribution is -2.55. The van der Waals surface area contributed by atoms with Gasteiger partial charge < -0.3 is 35.2 Å². The summed E-state index contributed by atoms with van der Waals surface area (Å²) in [5.74, 6) is -0.863. The smallest absolute Gasteiger partial charge is 0.351 e. The summed E-state index contributed by atoms with van der Waals surface area (Å²) in [5.41, 5.74) is -2.63. The Hall–Kier alpha value is -3.64. The average Bonchev–Trinajstić information content (AvgIpc) is 3.71. The molecule has 46 heavy (non-hydrogen) atoms. The van der Waals surface area contributed by atoms with Gasteiger partial charge in [-0.15, -0.1) is 0 Å². The number of hydrogen-bond acceptors (Lipinski definition) is 5. The van der Waals surface area contributed by atoms with Gasteiger partial charge in [-0.3, -0.25) is 18.9 Å². The summed E-state index contributed by atoms with van der Waals surface area (Å²) in [6.07, 6.45) is 4.01. The van der Waals surface area contributed by atoms with Crippen LogP contribution in [0.4, 0.5) is 8.78 Å². The monoisotopic (exact) mass is 657 g/mol. The summed E-state index contributed by atoms with van der Waals surface area (Å²) in [4.78, 5) is 66.0. The zero-order chi connectivity index (χ0) is 32.6. The number of nitrogens with zero attached hydrogens (tertiary/aromatic N) is 2. The predicted molar refractivity (Wildman–Crippen MR) is 166 cm³/mol. The number of fused-ring (bicyclic) bond motifs is 2. The van der Waals surface area contributed by atoms with Crippen molar-refractivity contribution >= 4 is 36.2 Å². The Bertz CT molecular complexity index is 1690. The van der Waals surface area contributed by atoms with Gasteiger partial charge in [0.25, 0.3) is 5.91 Å². The molecule has 2 saturated heterocycles. The van der Waals surface area contributed by atoms with E-state index in [2.05, 4.69) is 21.7 Å². The highest BCUT2D eigenvalue weighted by atomic mass is 31.2. The molecule has 2 atom stereocenters. The highest BCUT2D eigenvalue weighted by molar-refractivity contribution is 7.52. The number of amides is 3. The number of benzene rings is 2. The van der Waals surface area contributed by atoms with Gasteiger partial charge in [-0.1, -0.05) is 30.3 Å². The Labute approximate surface area is 264 Å². The number of nitrogens with one attached hydrogen (secondary N) is 3. The molecule has 11 nitrogen and oxygen atoms in total. The number of alkyl halides is 2. The Balaban J connectivity index is 1.21. The maximum Gasteiger partial charge on any atom is 0.399 e. The van der Waals surface area contributed by atoms with Gasteiger partial charge in [-0.2, -0.15) is 8.78 Å². The van der Waals surface area contributed by atoms with Crippen LogP contribution in [0.25, 0.3) is 10.9 Å². The van der Waals surface area contributed by atoms with E-state index in [1.807, 2.05) is 23.1 Å². The molecule has 3 aliphatic rings. The van der Waals surface area contributed by atoms with E-state index in [1.165, 1.54) is 17.7 Å². The van der Waals surface area contributed by atoms with Crippen molar-refractivity contribution in [3.8, 4) is 0 Å². The van der Waals surface area contributed by atoms with Crippen LogP contribution in [0.3, 0.4) is 0 Å². The molecule has 1 aromatic heterocycles. The van der Waals surface area contributed by atoms with Gasteiger partial charge in [-0.05, 0) is 86.9 Å². The Morgan fingerprint density at radius 1 is 1.02 bits per heavy atom. The van der Waals surface area contributed by atoms with Crippen molar-refractivity contribution in [2.75, 3.05) is 26.2 Å². The first kappa shape index (κ1) is 32.3. The number of rotatable bonds is 8. The van der Waals surface area contributed by atoms with Crippen molar-refractivity contribution in [1.29, 1.82) is 0 Å². The molecule has 0 saturated carbocycles. The Morgan fingerprint density at radius 3 is 2.50 bits per heavy atom. The predicted octanol–water partition coefficient (Wildman–Crippen LogP) is 3.46. The molecule has 0 aliphatic carbocycles.